The standard InChI is InChI=1S/C13H12F2N4O3/c1-16-10(20)7-19-12(21)5-3-9(18-19)8-2-4-11(17-6-8)22-13(14)15/h2-6,13H,7H2,1H3,(H,16,20). The van der Waals surface area contributed by atoms with Gasteiger partial charge < -0.3 is 10.1 Å². The normalized spacial score (nSPS) is 10.5. The zero-order chi connectivity index (χ0) is 16.1. The molecular formula is C13H12F2N4O3. The first-order valence-electron chi connectivity index (χ1n) is 6.19. The molecule has 0 aromatic carbocycles. The molecule has 1 N–H and O–H groups in total. The predicted octanol–water partition coefficient (Wildman–Crippen LogP) is 0.653. The summed E-state index contributed by atoms with van der Waals surface area (Å²) in [7, 11) is 1.45. The van der Waals surface area contributed by atoms with Crippen molar-refractivity contribution in [2.45, 2.75) is 13.2 Å². The van der Waals surface area contributed by atoms with Crippen LogP contribution in [0.4, 0.5) is 8.78 Å². The van der Waals surface area contributed by atoms with E-state index in [9.17, 15) is 18.4 Å². The number of nitrogens with one attached hydrogen (secondary N) is 1. The molecule has 2 aromatic heterocycles. The Kier molecular flexibility index (Phi) is 4.77. The summed E-state index contributed by atoms with van der Waals surface area (Å²) in [6.45, 7) is -3.17. The Morgan fingerprint density at radius 3 is 2.73 bits per heavy atom. The van der Waals surface area contributed by atoms with Crippen LogP contribution in [0.25, 0.3) is 11.3 Å². The van der Waals surface area contributed by atoms with Crippen molar-refractivity contribution in [2.24, 2.45) is 0 Å². The number of halogens is 2. The van der Waals surface area contributed by atoms with Gasteiger partial charge in [0, 0.05) is 30.9 Å². The minimum atomic E-state index is -2.95. The van der Waals surface area contributed by atoms with Crippen LogP contribution in [0.3, 0.4) is 0 Å². The first-order valence-corrected chi connectivity index (χ1v) is 6.19. The lowest BCUT2D eigenvalue weighted by Crippen LogP contribution is -2.31. The van der Waals surface area contributed by atoms with Gasteiger partial charge in [-0.1, -0.05) is 0 Å². The van der Waals surface area contributed by atoms with Gasteiger partial charge in [-0.25, -0.2) is 9.67 Å². The van der Waals surface area contributed by atoms with Crippen LogP contribution < -0.4 is 15.6 Å². The number of likely N-dealkylation sites (N-methyl/N-ethyl adjacent to an activating group) is 1. The van der Waals surface area contributed by atoms with Crippen molar-refractivity contribution >= 4 is 5.91 Å². The van der Waals surface area contributed by atoms with E-state index in [4.69, 9.17) is 0 Å². The number of hydrogen-bond acceptors (Lipinski definition) is 5. The minimum absolute atomic E-state index is 0.219. The average Bonchev–Trinajstić information content (AvgIpc) is 2.49. The molecule has 9 heteroatoms. The molecule has 0 bridgehead atoms. The molecule has 0 aliphatic rings. The molecule has 0 unspecified atom stereocenters. The lowest BCUT2D eigenvalue weighted by molar-refractivity contribution is -0.121. The van der Waals surface area contributed by atoms with E-state index in [2.05, 4.69) is 20.1 Å². The van der Waals surface area contributed by atoms with Crippen molar-refractivity contribution in [3.63, 3.8) is 0 Å². The summed E-state index contributed by atoms with van der Waals surface area (Å²) < 4.78 is 29.2. The lowest BCUT2D eigenvalue weighted by atomic mass is 10.2. The summed E-state index contributed by atoms with van der Waals surface area (Å²) >= 11 is 0. The second-order valence-electron chi connectivity index (χ2n) is 4.15. The van der Waals surface area contributed by atoms with Crippen molar-refractivity contribution in [2.75, 3.05) is 7.05 Å². The Hall–Kier alpha value is -2.84. The highest BCUT2D eigenvalue weighted by molar-refractivity contribution is 5.75. The third-order valence-corrected chi connectivity index (χ3v) is 2.68. The topological polar surface area (TPSA) is 86.1 Å². The van der Waals surface area contributed by atoms with E-state index in [0.29, 0.717) is 11.3 Å². The molecule has 2 heterocycles. The van der Waals surface area contributed by atoms with Gasteiger partial charge in [0.2, 0.25) is 11.8 Å². The van der Waals surface area contributed by atoms with Gasteiger partial charge in [0.25, 0.3) is 5.56 Å². The lowest BCUT2D eigenvalue weighted by Gasteiger charge is -2.07. The molecule has 0 saturated heterocycles. The molecule has 0 spiro atoms. The monoisotopic (exact) mass is 310 g/mol. The molecule has 2 aromatic rings. The van der Waals surface area contributed by atoms with Crippen LogP contribution in [-0.4, -0.2) is 34.3 Å². The SMILES string of the molecule is CNC(=O)Cn1nc(-c2ccc(OC(F)F)nc2)ccc1=O. The van der Waals surface area contributed by atoms with E-state index in [1.807, 2.05) is 0 Å². The number of aromatic nitrogens is 3. The van der Waals surface area contributed by atoms with Crippen molar-refractivity contribution in [1.29, 1.82) is 0 Å². The number of rotatable bonds is 5. The fourth-order valence-electron chi connectivity index (χ4n) is 1.62. The van der Waals surface area contributed by atoms with Crippen LogP contribution in [0.5, 0.6) is 5.88 Å². The highest BCUT2D eigenvalue weighted by Gasteiger charge is 2.09. The van der Waals surface area contributed by atoms with E-state index in [0.717, 1.165) is 4.68 Å². The second kappa shape index (κ2) is 6.74. The van der Waals surface area contributed by atoms with E-state index < -0.39 is 12.2 Å². The zero-order valence-corrected chi connectivity index (χ0v) is 11.5. The number of carbonyl (C=O) groups is 1. The summed E-state index contributed by atoms with van der Waals surface area (Å²) in [6.07, 6.45) is 1.29. The van der Waals surface area contributed by atoms with E-state index in [-0.39, 0.29) is 18.3 Å². The Labute approximate surface area is 123 Å². The third-order valence-electron chi connectivity index (χ3n) is 2.68. The van der Waals surface area contributed by atoms with Gasteiger partial charge in [0.1, 0.15) is 6.54 Å². The van der Waals surface area contributed by atoms with Gasteiger partial charge in [0.15, 0.2) is 0 Å². The molecule has 0 radical (unpaired) electrons. The summed E-state index contributed by atoms with van der Waals surface area (Å²) in [5.41, 5.74) is 0.435. The Morgan fingerprint density at radius 1 is 1.36 bits per heavy atom. The molecule has 116 valence electrons. The molecule has 0 atom stereocenters. The van der Waals surface area contributed by atoms with E-state index in [1.165, 1.54) is 37.5 Å². The fourth-order valence-corrected chi connectivity index (χ4v) is 1.62. The van der Waals surface area contributed by atoms with Crippen LogP contribution in [-0.2, 0) is 11.3 Å². The number of nitrogens with zero attached hydrogens (tertiary/aromatic N) is 3. The number of alkyl halides is 2. The van der Waals surface area contributed by atoms with Crippen LogP contribution in [0.1, 0.15) is 0 Å². The summed E-state index contributed by atoms with van der Waals surface area (Å²) in [6, 6.07) is 5.45. The largest absolute Gasteiger partial charge is 0.417 e. The predicted molar refractivity (Wildman–Crippen MR) is 72.4 cm³/mol. The highest BCUT2D eigenvalue weighted by Crippen LogP contribution is 2.18. The van der Waals surface area contributed by atoms with Gasteiger partial charge >= 0.3 is 6.61 Å². The molecule has 7 nitrogen and oxygen atoms in total. The summed E-state index contributed by atoms with van der Waals surface area (Å²) in [5, 5.41) is 6.42. The first kappa shape index (κ1) is 15.5. The van der Waals surface area contributed by atoms with Crippen LogP contribution >= 0.6 is 0 Å². The molecule has 22 heavy (non-hydrogen) atoms. The quantitative estimate of drug-likeness (QED) is 0.876. The number of carbonyl (C=O) groups excluding carboxylic acids is 1. The minimum Gasteiger partial charge on any atom is -0.417 e. The number of pyridine rings is 1. The first-order chi connectivity index (χ1) is 10.5. The molecule has 1 amide bonds. The maximum Gasteiger partial charge on any atom is 0.388 e. The summed E-state index contributed by atoms with van der Waals surface area (Å²) in [5.74, 6) is -0.594. The average molecular weight is 310 g/mol. The van der Waals surface area contributed by atoms with Crippen LogP contribution in [0.15, 0.2) is 35.3 Å². The number of amides is 1. The Bertz CT molecular complexity index is 716. The van der Waals surface area contributed by atoms with Gasteiger partial charge in [-0.05, 0) is 12.1 Å². The smallest absolute Gasteiger partial charge is 0.388 e. The van der Waals surface area contributed by atoms with Crippen molar-refractivity contribution in [3.05, 3.63) is 40.8 Å². The van der Waals surface area contributed by atoms with E-state index in [1.54, 1.807) is 0 Å². The van der Waals surface area contributed by atoms with Crippen molar-refractivity contribution in [1.82, 2.24) is 20.1 Å². The van der Waals surface area contributed by atoms with E-state index >= 15 is 0 Å². The van der Waals surface area contributed by atoms with Crippen LogP contribution in [0.2, 0.25) is 0 Å². The molecule has 0 aliphatic heterocycles. The molecule has 0 aliphatic carbocycles. The van der Waals surface area contributed by atoms with Crippen molar-refractivity contribution in [3.8, 4) is 17.1 Å². The van der Waals surface area contributed by atoms with Gasteiger partial charge in [-0.3, -0.25) is 9.59 Å². The highest BCUT2D eigenvalue weighted by atomic mass is 19.3. The second-order valence-corrected chi connectivity index (χ2v) is 4.15. The molecule has 0 saturated carbocycles. The molecule has 2 rings (SSSR count). The van der Waals surface area contributed by atoms with Gasteiger partial charge in [-0.15, -0.1) is 0 Å². The summed E-state index contributed by atoms with van der Waals surface area (Å²) in [4.78, 5) is 26.7. The van der Waals surface area contributed by atoms with Gasteiger partial charge in [-0.2, -0.15) is 13.9 Å². The Balaban J connectivity index is 2.27. The number of hydrogen-bond donors (Lipinski definition) is 1. The fraction of sp³-hybridized carbons (Fsp3) is 0.231. The van der Waals surface area contributed by atoms with Crippen molar-refractivity contribution < 1.29 is 18.3 Å². The maximum atomic E-state index is 12.0. The zero-order valence-electron chi connectivity index (χ0n) is 11.5. The van der Waals surface area contributed by atoms with Crippen LogP contribution in [0, 0.1) is 0 Å². The Morgan fingerprint density at radius 2 is 2.14 bits per heavy atom. The molecular weight excluding hydrogens is 298 g/mol. The van der Waals surface area contributed by atoms with Gasteiger partial charge in [0.05, 0.1) is 5.69 Å². The number of ether oxygens (including phenoxy) is 1. The molecule has 0 fully saturated rings. The maximum absolute atomic E-state index is 12.0. The third kappa shape index (κ3) is 3.84.